The average Bonchev–Trinajstić information content (AvgIpc) is 2.47. The molecule has 1 heterocycles. The molecule has 1 aromatic carbocycles. The Hall–Kier alpha value is -2.15. The van der Waals surface area contributed by atoms with E-state index in [1.54, 1.807) is 6.07 Å². The number of nitrogens with zero attached hydrogens (tertiary/aromatic N) is 1. The summed E-state index contributed by atoms with van der Waals surface area (Å²) in [6, 6.07) is 3.24. The Morgan fingerprint density at radius 3 is 2.90 bits per heavy atom. The molecule has 7 heteroatoms. The van der Waals surface area contributed by atoms with Gasteiger partial charge >= 0.3 is 5.97 Å². The number of amides is 1. The zero-order valence-corrected chi connectivity index (χ0v) is 11.5. The Balaban J connectivity index is 2.09. The lowest BCUT2D eigenvalue weighted by molar-refractivity contribution is -0.158. The number of carboxylic acids is 1. The molecular weight excluding hydrogens is 281 g/mol. The fourth-order valence-electron chi connectivity index (χ4n) is 2.20. The molecule has 1 aliphatic heterocycles. The van der Waals surface area contributed by atoms with E-state index in [4.69, 9.17) is 14.6 Å². The largest absolute Gasteiger partial charge is 0.494 e. The van der Waals surface area contributed by atoms with E-state index in [2.05, 4.69) is 0 Å². The van der Waals surface area contributed by atoms with Crippen LogP contribution in [0.3, 0.4) is 0 Å². The molecule has 0 spiro atoms. The van der Waals surface area contributed by atoms with Crippen molar-refractivity contribution < 1.29 is 28.6 Å². The van der Waals surface area contributed by atoms with E-state index in [0.717, 1.165) is 0 Å². The van der Waals surface area contributed by atoms with Gasteiger partial charge in [0, 0.05) is 6.54 Å². The normalized spacial score (nSPS) is 18.4. The van der Waals surface area contributed by atoms with Gasteiger partial charge in [0.2, 0.25) is 5.91 Å². The van der Waals surface area contributed by atoms with E-state index in [0.29, 0.717) is 12.2 Å². The highest BCUT2D eigenvalue weighted by atomic mass is 19.1. The third kappa shape index (κ3) is 3.49. The number of methoxy groups -OCH3 is 1. The summed E-state index contributed by atoms with van der Waals surface area (Å²) >= 11 is 0. The van der Waals surface area contributed by atoms with Gasteiger partial charge in [-0.2, -0.15) is 0 Å². The van der Waals surface area contributed by atoms with Crippen LogP contribution in [-0.2, 0) is 20.7 Å². The minimum absolute atomic E-state index is 0.0297. The molecule has 1 amide bonds. The molecule has 0 saturated carbocycles. The molecule has 2 rings (SSSR count). The number of hydrogen-bond donors (Lipinski definition) is 1. The number of hydrogen-bond acceptors (Lipinski definition) is 4. The van der Waals surface area contributed by atoms with Gasteiger partial charge in [-0.1, -0.05) is 6.07 Å². The molecule has 0 aliphatic carbocycles. The van der Waals surface area contributed by atoms with Crippen LogP contribution in [0.2, 0.25) is 0 Å². The molecule has 1 aromatic rings. The summed E-state index contributed by atoms with van der Waals surface area (Å²) in [5.41, 5.74) is 0.467. The van der Waals surface area contributed by atoms with Crippen LogP contribution in [0.15, 0.2) is 18.2 Å². The Labute approximate surface area is 121 Å². The maximum absolute atomic E-state index is 13.6. The first kappa shape index (κ1) is 15.2. The zero-order chi connectivity index (χ0) is 15.4. The fourth-order valence-corrected chi connectivity index (χ4v) is 2.20. The number of halogens is 1. The second-order valence-electron chi connectivity index (χ2n) is 4.66. The predicted octanol–water partition coefficient (Wildman–Crippen LogP) is 0.689. The standard InChI is InChI=1S/C14H16FNO5/c1-20-12-3-2-9(6-10(12)15)7-13(17)16-4-5-21-8-11(16)14(18)19/h2-3,6,11H,4-5,7-8H2,1H3,(H,18,19)/t11-/m1/s1. The molecule has 1 saturated heterocycles. The van der Waals surface area contributed by atoms with Gasteiger partial charge in [0.1, 0.15) is 0 Å². The predicted molar refractivity (Wildman–Crippen MR) is 70.6 cm³/mol. The van der Waals surface area contributed by atoms with Gasteiger partial charge < -0.3 is 19.5 Å². The monoisotopic (exact) mass is 297 g/mol. The highest BCUT2D eigenvalue weighted by Crippen LogP contribution is 2.19. The third-order valence-electron chi connectivity index (χ3n) is 3.31. The van der Waals surface area contributed by atoms with Crippen LogP contribution in [-0.4, -0.2) is 54.8 Å². The average molecular weight is 297 g/mol. The van der Waals surface area contributed by atoms with Crippen molar-refractivity contribution in [2.45, 2.75) is 12.5 Å². The number of morpholine rings is 1. The van der Waals surface area contributed by atoms with Crippen molar-refractivity contribution in [2.24, 2.45) is 0 Å². The van der Waals surface area contributed by atoms with E-state index >= 15 is 0 Å². The van der Waals surface area contributed by atoms with E-state index in [-0.39, 0.29) is 31.2 Å². The van der Waals surface area contributed by atoms with Crippen molar-refractivity contribution >= 4 is 11.9 Å². The molecule has 1 atom stereocenters. The molecule has 21 heavy (non-hydrogen) atoms. The lowest BCUT2D eigenvalue weighted by atomic mass is 10.1. The van der Waals surface area contributed by atoms with Crippen molar-refractivity contribution in [2.75, 3.05) is 26.9 Å². The third-order valence-corrected chi connectivity index (χ3v) is 3.31. The van der Waals surface area contributed by atoms with Gasteiger partial charge in [-0.05, 0) is 17.7 Å². The lowest BCUT2D eigenvalue weighted by Crippen LogP contribution is -2.53. The molecule has 0 radical (unpaired) electrons. The Bertz CT molecular complexity index is 548. The fraction of sp³-hybridized carbons (Fsp3) is 0.429. The van der Waals surface area contributed by atoms with E-state index in [1.165, 1.54) is 24.1 Å². The summed E-state index contributed by atoms with van der Waals surface area (Å²) in [6.07, 6.45) is -0.0648. The molecular formula is C14H16FNO5. The molecule has 1 aliphatic rings. The van der Waals surface area contributed by atoms with Gasteiger partial charge in [-0.15, -0.1) is 0 Å². The highest BCUT2D eigenvalue weighted by molar-refractivity contribution is 5.85. The van der Waals surface area contributed by atoms with Crippen LogP contribution in [0.1, 0.15) is 5.56 Å². The Kier molecular flexibility index (Phi) is 4.74. The van der Waals surface area contributed by atoms with Crippen LogP contribution >= 0.6 is 0 Å². The van der Waals surface area contributed by atoms with Crippen LogP contribution in [0.25, 0.3) is 0 Å². The number of benzene rings is 1. The molecule has 0 aromatic heterocycles. The quantitative estimate of drug-likeness (QED) is 0.885. The van der Waals surface area contributed by atoms with Crippen LogP contribution < -0.4 is 4.74 Å². The lowest BCUT2D eigenvalue weighted by Gasteiger charge is -2.32. The summed E-state index contributed by atoms with van der Waals surface area (Å²) in [5.74, 6) is -1.93. The van der Waals surface area contributed by atoms with E-state index in [1.807, 2.05) is 0 Å². The van der Waals surface area contributed by atoms with Gasteiger partial charge in [0.25, 0.3) is 0 Å². The Morgan fingerprint density at radius 2 is 2.29 bits per heavy atom. The summed E-state index contributed by atoms with van der Waals surface area (Å²) in [6.45, 7) is 0.485. The van der Waals surface area contributed by atoms with E-state index < -0.39 is 17.8 Å². The van der Waals surface area contributed by atoms with Gasteiger partial charge in [-0.25, -0.2) is 9.18 Å². The zero-order valence-electron chi connectivity index (χ0n) is 11.5. The number of aliphatic carboxylic acids is 1. The number of rotatable bonds is 4. The number of carbonyl (C=O) groups is 2. The Morgan fingerprint density at radius 1 is 1.52 bits per heavy atom. The van der Waals surface area contributed by atoms with Crippen molar-refractivity contribution in [3.63, 3.8) is 0 Å². The van der Waals surface area contributed by atoms with Crippen molar-refractivity contribution in [3.05, 3.63) is 29.6 Å². The molecule has 1 fully saturated rings. The maximum Gasteiger partial charge on any atom is 0.328 e. The minimum atomic E-state index is -1.11. The van der Waals surface area contributed by atoms with Crippen molar-refractivity contribution in [1.29, 1.82) is 0 Å². The first-order chi connectivity index (χ1) is 10.0. The molecule has 0 bridgehead atoms. The van der Waals surface area contributed by atoms with Crippen LogP contribution in [0, 0.1) is 5.82 Å². The minimum Gasteiger partial charge on any atom is -0.494 e. The maximum atomic E-state index is 13.6. The number of carbonyl (C=O) groups excluding carboxylic acids is 1. The topological polar surface area (TPSA) is 76.1 Å². The summed E-state index contributed by atoms with van der Waals surface area (Å²) in [5, 5.41) is 9.09. The summed E-state index contributed by atoms with van der Waals surface area (Å²) in [7, 11) is 1.36. The van der Waals surface area contributed by atoms with Crippen molar-refractivity contribution in [3.8, 4) is 5.75 Å². The van der Waals surface area contributed by atoms with Crippen LogP contribution in [0.5, 0.6) is 5.75 Å². The highest BCUT2D eigenvalue weighted by Gasteiger charge is 2.32. The van der Waals surface area contributed by atoms with Gasteiger partial charge in [-0.3, -0.25) is 4.79 Å². The molecule has 6 nitrogen and oxygen atoms in total. The summed E-state index contributed by atoms with van der Waals surface area (Å²) in [4.78, 5) is 24.6. The summed E-state index contributed by atoms with van der Waals surface area (Å²) < 4.78 is 23.5. The van der Waals surface area contributed by atoms with Crippen molar-refractivity contribution in [1.82, 2.24) is 4.90 Å². The van der Waals surface area contributed by atoms with Gasteiger partial charge in [0.15, 0.2) is 17.6 Å². The number of carboxylic acid groups (broad SMARTS) is 1. The second-order valence-corrected chi connectivity index (χ2v) is 4.66. The van der Waals surface area contributed by atoms with Gasteiger partial charge in [0.05, 0.1) is 26.7 Å². The van der Waals surface area contributed by atoms with Crippen LogP contribution in [0.4, 0.5) is 4.39 Å². The smallest absolute Gasteiger partial charge is 0.328 e. The molecule has 0 unspecified atom stereocenters. The first-order valence-corrected chi connectivity index (χ1v) is 6.45. The number of ether oxygens (including phenoxy) is 2. The second kappa shape index (κ2) is 6.53. The van der Waals surface area contributed by atoms with E-state index in [9.17, 15) is 14.0 Å². The first-order valence-electron chi connectivity index (χ1n) is 6.45. The SMILES string of the molecule is COc1ccc(CC(=O)N2CCOC[C@@H]2C(=O)O)cc1F. The molecule has 1 N–H and O–H groups in total. The molecule has 114 valence electrons.